The van der Waals surface area contributed by atoms with Crippen molar-refractivity contribution in [2.45, 2.75) is 6.04 Å². The summed E-state index contributed by atoms with van der Waals surface area (Å²) in [6.07, 6.45) is 3.06. The maximum absolute atomic E-state index is 8.54. The van der Waals surface area contributed by atoms with Gasteiger partial charge in [0.25, 0.3) is 0 Å². The predicted molar refractivity (Wildman–Crippen MR) is 32.7 cm³/mol. The van der Waals surface area contributed by atoms with Crippen LogP contribution in [0.25, 0.3) is 0 Å². The zero-order chi connectivity index (χ0) is 6.69. The first-order chi connectivity index (χ1) is 4.34. The Bertz CT molecular complexity index is 160. The van der Waals surface area contributed by atoms with E-state index in [4.69, 9.17) is 15.3 Å². The summed E-state index contributed by atoms with van der Waals surface area (Å²) in [4.78, 5) is 0. The molecule has 1 aromatic heterocycles. The molecule has 3 nitrogen and oxygen atoms in total. The highest BCUT2D eigenvalue weighted by Crippen LogP contribution is 2.08. The van der Waals surface area contributed by atoms with Crippen LogP contribution in [0.15, 0.2) is 23.0 Å². The van der Waals surface area contributed by atoms with E-state index in [0.29, 0.717) is 0 Å². The van der Waals surface area contributed by atoms with Gasteiger partial charge in [0.2, 0.25) is 0 Å². The summed E-state index contributed by atoms with van der Waals surface area (Å²) in [6, 6.07) is 1.43. The first kappa shape index (κ1) is 6.32. The lowest BCUT2D eigenvalue weighted by atomic mass is 10.2. The minimum Gasteiger partial charge on any atom is -0.472 e. The van der Waals surface area contributed by atoms with E-state index in [1.54, 1.807) is 6.07 Å². The molecule has 0 fully saturated rings. The Morgan fingerprint density at radius 3 is 3.00 bits per heavy atom. The van der Waals surface area contributed by atoms with Gasteiger partial charge in [0.1, 0.15) is 0 Å². The molecule has 1 atom stereocenters. The van der Waals surface area contributed by atoms with Crippen LogP contribution < -0.4 is 5.73 Å². The molecule has 1 heterocycles. The minimum atomic E-state index is -0.302. The van der Waals surface area contributed by atoms with E-state index in [2.05, 4.69) is 0 Å². The van der Waals surface area contributed by atoms with Crippen LogP contribution in [0.3, 0.4) is 0 Å². The Labute approximate surface area is 53.1 Å². The van der Waals surface area contributed by atoms with Crippen molar-refractivity contribution in [2.75, 3.05) is 6.61 Å². The summed E-state index contributed by atoms with van der Waals surface area (Å²) in [7, 11) is 0. The number of rotatable bonds is 2. The number of furan rings is 1. The summed E-state index contributed by atoms with van der Waals surface area (Å²) in [5.74, 6) is 0. The monoisotopic (exact) mass is 127 g/mol. The van der Waals surface area contributed by atoms with E-state index < -0.39 is 0 Å². The molecule has 0 aliphatic heterocycles. The number of aliphatic hydroxyl groups is 1. The highest BCUT2D eigenvalue weighted by atomic mass is 16.3. The van der Waals surface area contributed by atoms with Gasteiger partial charge in [-0.1, -0.05) is 0 Å². The van der Waals surface area contributed by atoms with Crippen LogP contribution in [0.4, 0.5) is 0 Å². The van der Waals surface area contributed by atoms with Crippen LogP contribution in [0.1, 0.15) is 11.6 Å². The fraction of sp³-hybridized carbons (Fsp3) is 0.333. The molecule has 0 amide bonds. The lowest BCUT2D eigenvalue weighted by Crippen LogP contribution is -2.13. The van der Waals surface area contributed by atoms with E-state index in [9.17, 15) is 0 Å². The Hall–Kier alpha value is -0.800. The van der Waals surface area contributed by atoms with Gasteiger partial charge >= 0.3 is 0 Å². The summed E-state index contributed by atoms with van der Waals surface area (Å²) in [5, 5.41) is 8.54. The number of hydrogen-bond acceptors (Lipinski definition) is 3. The van der Waals surface area contributed by atoms with Crippen molar-refractivity contribution in [2.24, 2.45) is 5.73 Å². The van der Waals surface area contributed by atoms with E-state index in [-0.39, 0.29) is 12.6 Å². The van der Waals surface area contributed by atoms with Gasteiger partial charge in [-0.05, 0) is 6.07 Å². The molecule has 0 spiro atoms. The number of nitrogens with two attached hydrogens (primary N) is 1. The van der Waals surface area contributed by atoms with Crippen LogP contribution in [-0.2, 0) is 0 Å². The molecule has 0 saturated carbocycles. The van der Waals surface area contributed by atoms with Gasteiger partial charge in [-0.15, -0.1) is 0 Å². The molecule has 1 aromatic rings. The van der Waals surface area contributed by atoms with Crippen LogP contribution in [0.2, 0.25) is 0 Å². The van der Waals surface area contributed by atoms with Crippen LogP contribution in [0.5, 0.6) is 0 Å². The molecule has 0 aromatic carbocycles. The van der Waals surface area contributed by atoms with Gasteiger partial charge in [0, 0.05) is 5.56 Å². The van der Waals surface area contributed by atoms with Gasteiger partial charge < -0.3 is 15.3 Å². The van der Waals surface area contributed by atoms with Crippen molar-refractivity contribution in [1.82, 2.24) is 0 Å². The van der Waals surface area contributed by atoms with E-state index in [1.807, 2.05) is 0 Å². The van der Waals surface area contributed by atoms with E-state index >= 15 is 0 Å². The van der Waals surface area contributed by atoms with Crippen molar-refractivity contribution < 1.29 is 9.52 Å². The topological polar surface area (TPSA) is 59.4 Å². The molecule has 3 heteroatoms. The third-order valence-corrected chi connectivity index (χ3v) is 1.17. The minimum absolute atomic E-state index is 0.0421. The Kier molecular flexibility index (Phi) is 1.87. The molecular formula is C6H9NO2. The van der Waals surface area contributed by atoms with Crippen LogP contribution in [0, 0.1) is 0 Å². The normalized spacial score (nSPS) is 13.6. The second kappa shape index (κ2) is 2.66. The maximum atomic E-state index is 8.54. The Balaban J connectivity index is 2.65. The van der Waals surface area contributed by atoms with Gasteiger partial charge in [0.05, 0.1) is 25.2 Å². The maximum Gasteiger partial charge on any atom is 0.0951 e. The number of aliphatic hydroxyl groups excluding tert-OH is 1. The van der Waals surface area contributed by atoms with Crippen molar-refractivity contribution in [3.63, 3.8) is 0 Å². The molecule has 50 valence electrons. The third kappa shape index (κ3) is 1.31. The van der Waals surface area contributed by atoms with Gasteiger partial charge in [0.15, 0.2) is 0 Å². The first-order valence-electron chi connectivity index (χ1n) is 2.73. The molecular weight excluding hydrogens is 118 g/mol. The highest BCUT2D eigenvalue weighted by Gasteiger charge is 2.03. The standard InChI is InChI=1S/C6H9NO2/c7-6(3-8)5-1-2-9-4-5/h1-2,4,6,8H,3,7H2/t6-/m0/s1. The molecule has 3 N–H and O–H groups in total. The average Bonchev–Trinajstić information content (AvgIpc) is 2.37. The molecule has 0 radical (unpaired) electrons. The zero-order valence-electron chi connectivity index (χ0n) is 4.95. The zero-order valence-corrected chi connectivity index (χ0v) is 4.95. The predicted octanol–water partition coefficient (Wildman–Crippen LogP) is 0.272. The molecule has 1 rings (SSSR count). The van der Waals surface area contributed by atoms with Crippen molar-refractivity contribution in [1.29, 1.82) is 0 Å². The fourth-order valence-corrected chi connectivity index (χ4v) is 0.591. The van der Waals surface area contributed by atoms with Gasteiger partial charge in [-0.25, -0.2) is 0 Å². The Morgan fingerprint density at radius 2 is 2.56 bits per heavy atom. The Morgan fingerprint density at radius 1 is 1.78 bits per heavy atom. The van der Waals surface area contributed by atoms with E-state index in [0.717, 1.165) is 5.56 Å². The summed E-state index contributed by atoms with van der Waals surface area (Å²) in [6.45, 7) is -0.0421. The molecule has 9 heavy (non-hydrogen) atoms. The van der Waals surface area contributed by atoms with Crippen molar-refractivity contribution in [3.05, 3.63) is 24.2 Å². The van der Waals surface area contributed by atoms with Crippen molar-refractivity contribution >= 4 is 0 Å². The summed E-state index contributed by atoms with van der Waals surface area (Å²) in [5.41, 5.74) is 6.26. The van der Waals surface area contributed by atoms with Gasteiger partial charge in [-0.2, -0.15) is 0 Å². The first-order valence-corrected chi connectivity index (χ1v) is 2.73. The summed E-state index contributed by atoms with van der Waals surface area (Å²) < 4.78 is 4.75. The summed E-state index contributed by atoms with van der Waals surface area (Å²) >= 11 is 0. The van der Waals surface area contributed by atoms with Crippen LogP contribution >= 0.6 is 0 Å². The lowest BCUT2D eigenvalue weighted by Gasteiger charge is -2.01. The highest BCUT2D eigenvalue weighted by molar-refractivity contribution is 5.10. The lowest BCUT2D eigenvalue weighted by molar-refractivity contribution is 0.267. The molecule has 0 unspecified atom stereocenters. The molecule has 0 aliphatic carbocycles. The van der Waals surface area contributed by atoms with Crippen molar-refractivity contribution in [3.8, 4) is 0 Å². The quantitative estimate of drug-likeness (QED) is 0.599. The smallest absolute Gasteiger partial charge is 0.0951 e. The molecule has 0 bridgehead atoms. The molecule has 0 aliphatic rings. The SMILES string of the molecule is N[C@@H](CO)c1ccoc1. The fourth-order valence-electron chi connectivity index (χ4n) is 0.591. The molecule has 0 saturated heterocycles. The van der Waals surface area contributed by atoms with Crippen LogP contribution in [-0.4, -0.2) is 11.7 Å². The van der Waals surface area contributed by atoms with Gasteiger partial charge in [-0.3, -0.25) is 0 Å². The van der Waals surface area contributed by atoms with E-state index in [1.165, 1.54) is 12.5 Å². The third-order valence-electron chi connectivity index (χ3n) is 1.17. The largest absolute Gasteiger partial charge is 0.472 e. The second-order valence-corrected chi connectivity index (χ2v) is 1.85. The second-order valence-electron chi connectivity index (χ2n) is 1.85. The number of hydrogen-bond donors (Lipinski definition) is 2. The average molecular weight is 127 g/mol.